The molecule has 1 nitrogen and oxygen atoms in total. The lowest BCUT2D eigenvalue weighted by molar-refractivity contribution is 0.0749. The maximum absolute atomic E-state index is 12.4. The van der Waals surface area contributed by atoms with Crippen molar-refractivity contribution in [3.05, 3.63) is 20.8 Å². The molecule has 0 atom stereocenters. The number of rotatable bonds is 2. The SMILES string of the molecule is CC1(C(=O)c2cscc2Br)CCCCC1. The quantitative estimate of drug-likeness (QED) is 0.723. The molecule has 0 unspecified atom stereocenters. The van der Waals surface area contributed by atoms with Gasteiger partial charge in [0, 0.05) is 26.2 Å². The summed E-state index contributed by atoms with van der Waals surface area (Å²) in [4.78, 5) is 12.4. The van der Waals surface area contributed by atoms with Crippen LogP contribution in [0, 0.1) is 5.41 Å². The van der Waals surface area contributed by atoms with Crippen molar-refractivity contribution in [2.75, 3.05) is 0 Å². The number of halogens is 1. The number of ketones is 1. The summed E-state index contributed by atoms with van der Waals surface area (Å²) >= 11 is 5.04. The number of carbonyl (C=O) groups excluding carboxylic acids is 1. The Morgan fingerprint density at radius 3 is 2.53 bits per heavy atom. The van der Waals surface area contributed by atoms with Crippen molar-refractivity contribution in [3.8, 4) is 0 Å². The molecule has 0 aliphatic heterocycles. The Morgan fingerprint density at radius 2 is 2.00 bits per heavy atom. The molecular formula is C12H15BrOS. The highest BCUT2D eigenvalue weighted by atomic mass is 79.9. The molecule has 15 heavy (non-hydrogen) atoms. The summed E-state index contributed by atoms with van der Waals surface area (Å²) in [6, 6.07) is 0. The van der Waals surface area contributed by atoms with Crippen LogP contribution in [-0.4, -0.2) is 5.78 Å². The van der Waals surface area contributed by atoms with E-state index in [9.17, 15) is 4.79 Å². The second kappa shape index (κ2) is 4.38. The van der Waals surface area contributed by atoms with E-state index < -0.39 is 0 Å². The van der Waals surface area contributed by atoms with E-state index in [2.05, 4.69) is 22.9 Å². The predicted molar refractivity (Wildman–Crippen MR) is 67.5 cm³/mol. The summed E-state index contributed by atoms with van der Waals surface area (Å²) in [5, 5.41) is 3.95. The van der Waals surface area contributed by atoms with E-state index >= 15 is 0 Å². The van der Waals surface area contributed by atoms with Crippen LogP contribution in [0.1, 0.15) is 49.4 Å². The van der Waals surface area contributed by atoms with Crippen molar-refractivity contribution in [2.24, 2.45) is 5.41 Å². The molecule has 0 saturated heterocycles. The van der Waals surface area contributed by atoms with Crippen LogP contribution in [0.5, 0.6) is 0 Å². The molecule has 0 amide bonds. The minimum atomic E-state index is -0.109. The molecule has 1 fully saturated rings. The molecule has 0 bridgehead atoms. The fourth-order valence-electron chi connectivity index (χ4n) is 2.33. The first-order chi connectivity index (χ1) is 7.13. The Kier molecular flexibility index (Phi) is 3.31. The van der Waals surface area contributed by atoms with Gasteiger partial charge >= 0.3 is 0 Å². The van der Waals surface area contributed by atoms with Crippen molar-refractivity contribution in [1.29, 1.82) is 0 Å². The average Bonchev–Trinajstić information content (AvgIpc) is 2.64. The van der Waals surface area contributed by atoms with Crippen LogP contribution in [0.4, 0.5) is 0 Å². The van der Waals surface area contributed by atoms with E-state index in [1.807, 2.05) is 10.8 Å². The highest BCUT2D eigenvalue weighted by Crippen LogP contribution is 2.40. The summed E-state index contributed by atoms with van der Waals surface area (Å²) in [6.07, 6.45) is 5.78. The molecule has 1 saturated carbocycles. The highest BCUT2D eigenvalue weighted by Gasteiger charge is 2.35. The molecule has 0 N–H and O–H groups in total. The molecule has 2 rings (SSSR count). The Labute approximate surface area is 103 Å². The maximum atomic E-state index is 12.4. The molecule has 0 spiro atoms. The Balaban J connectivity index is 2.23. The van der Waals surface area contributed by atoms with E-state index in [4.69, 9.17) is 0 Å². The Morgan fingerprint density at radius 1 is 1.33 bits per heavy atom. The molecular weight excluding hydrogens is 272 g/mol. The first-order valence-corrected chi connectivity index (χ1v) is 7.13. The second-order valence-corrected chi connectivity index (χ2v) is 6.18. The molecule has 1 aliphatic carbocycles. The molecule has 1 aliphatic rings. The summed E-state index contributed by atoms with van der Waals surface area (Å²) in [6.45, 7) is 2.12. The van der Waals surface area contributed by atoms with E-state index in [0.717, 1.165) is 22.9 Å². The molecule has 0 aromatic carbocycles. The topological polar surface area (TPSA) is 17.1 Å². The standard InChI is InChI=1S/C12H15BrOS/c1-12(5-3-2-4-6-12)11(14)9-7-15-8-10(9)13/h7-8H,2-6H2,1H3. The monoisotopic (exact) mass is 286 g/mol. The van der Waals surface area contributed by atoms with E-state index in [-0.39, 0.29) is 5.41 Å². The smallest absolute Gasteiger partial charge is 0.170 e. The molecule has 1 aromatic heterocycles. The lowest BCUT2D eigenvalue weighted by Gasteiger charge is -2.31. The van der Waals surface area contributed by atoms with Gasteiger partial charge in [0.2, 0.25) is 0 Å². The van der Waals surface area contributed by atoms with Crippen molar-refractivity contribution >= 4 is 33.0 Å². The van der Waals surface area contributed by atoms with E-state index in [1.165, 1.54) is 19.3 Å². The van der Waals surface area contributed by atoms with Crippen LogP contribution in [0.2, 0.25) is 0 Å². The Hall–Kier alpha value is -0.150. The van der Waals surface area contributed by atoms with Gasteiger partial charge in [-0.25, -0.2) is 0 Å². The summed E-state index contributed by atoms with van der Waals surface area (Å²) in [5.74, 6) is 0.329. The lowest BCUT2D eigenvalue weighted by atomic mass is 9.71. The lowest BCUT2D eigenvalue weighted by Crippen LogP contribution is -2.30. The van der Waals surface area contributed by atoms with Gasteiger partial charge in [0.05, 0.1) is 0 Å². The first-order valence-electron chi connectivity index (χ1n) is 5.40. The van der Waals surface area contributed by atoms with Crippen LogP contribution in [0.3, 0.4) is 0 Å². The molecule has 3 heteroatoms. The zero-order chi connectivity index (χ0) is 10.9. The minimum Gasteiger partial charge on any atom is -0.293 e. The zero-order valence-corrected chi connectivity index (χ0v) is 11.3. The van der Waals surface area contributed by atoms with Crippen molar-refractivity contribution in [3.63, 3.8) is 0 Å². The predicted octanol–water partition coefficient (Wildman–Crippen LogP) is 4.66. The van der Waals surface area contributed by atoms with Crippen LogP contribution >= 0.6 is 27.3 Å². The second-order valence-electron chi connectivity index (χ2n) is 4.58. The van der Waals surface area contributed by atoms with Gasteiger partial charge in [-0.2, -0.15) is 11.3 Å². The summed E-state index contributed by atoms with van der Waals surface area (Å²) < 4.78 is 0.962. The third kappa shape index (κ3) is 2.18. The zero-order valence-electron chi connectivity index (χ0n) is 8.88. The van der Waals surface area contributed by atoms with Gasteiger partial charge in [-0.3, -0.25) is 4.79 Å². The highest BCUT2D eigenvalue weighted by molar-refractivity contribution is 9.10. The van der Waals surface area contributed by atoms with Crippen molar-refractivity contribution in [2.45, 2.75) is 39.0 Å². The number of hydrogen-bond acceptors (Lipinski definition) is 2. The van der Waals surface area contributed by atoms with Crippen LogP contribution in [0.15, 0.2) is 15.2 Å². The van der Waals surface area contributed by atoms with E-state index in [0.29, 0.717) is 5.78 Å². The maximum Gasteiger partial charge on any atom is 0.170 e. The van der Waals surface area contributed by atoms with Gasteiger partial charge < -0.3 is 0 Å². The fourth-order valence-corrected chi connectivity index (χ4v) is 3.78. The van der Waals surface area contributed by atoms with Crippen LogP contribution in [0.25, 0.3) is 0 Å². The van der Waals surface area contributed by atoms with Crippen molar-refractivity contribution < 1.29 is 4.79 Å². The number of thiophene rings is 1. The number of hydrogen-bond donors (Lipinski definition) is 0. The van der Waals surface area contributed by atoms with Gasteiger partial charge in [0.25, 0.3) is 0 Å². The van der Waals surface area contributed by atoms with Gasteiger partial charge in [-0.15, -0.1) is 0 Å². The third-order valence-electron chi connectivity index (χ3n) is 3.36. The Bertz CT molecular complexity index is 363. The van der Waals surface area contributed by atoms with Gasteiger partial charge in [-0.1, -0.05) is 26.2 Å². The third-order valence-corrected chi connectivity index (χ3v) is 5.07. The molecule has 1 aromatic rings. The summed E-state index contributed by atoms with van der Waals surface area (Å²) in [5.41, 5.74) is 0.770. The largest absolute Gasteiger partial charge is 0.293 e. The van der Waals surface area contributed by atoms with Gasteiger partial charge in [-0.05, 0) is 28.8 Å². The molecule has 1 heterocycles. The first kappa shape index (κ1) is 11.3. The van der Waals surface area contributed by atoms with E-state index in [1.54, 1.807) is 11.3 Å². The van der Waals surface area contributed by atoms with Crippen LogP contribution in [-0.2, 0) is 0 Å². The summed E-state index contributed by atoms with van der Waals surface area (Å²) in [7, 11) is 0. The normalized spacial score (nSPS) is 20.1. The molecule has 0 radical (unpaired) electrons. The minimum absolute atomic E-state index is 0.109. The van der Waals surface area contributed by atoms with Crippen LogP contribution < -0.4 is 0 Å². The molecule has 82 valence electrons. The van der Waals surface area contributed by atoms with Gasteiger partial charge in [0.1, 0.15) is 0 Å². The fraction of sp³-hybridized carbons (Fsp3) is 0.583. The average molecular weight is 287 g/mol. The van der Waals surface area contributed by atoms with Gasteiger partial charge in [0.15, 0.2) is 5.78 Å². The number of carbonyl (C=O) groups is 1. The number of Topliss-reactive ketones (excluding diaryl/α,β-unsaturated/α-hetero) is 1. The van der Waals surface area contributed by atoms with Crippen molar-refractivity contribution in [1.82, 2.24) is 0 Å².